The van der Waals surface area contributed by atoms with E-state index in [-0.39, 0.29) is 45.5 Å². The molecule has 0 spiro atoms. The van der Waals surface area contributed by atoms with E-state index in [9.17, 15) is 18.6 Å². The van der Waals surface area contributed by atoms with E-state index in [4.69, 9.17) is 9.88 Å². The van der Waals surface area contributed by atoms with Gasteiger partial charge in [0.15, 0.2) is 5.75 Å². The van der Waals surface area contributed by atoms with Gasteiger partial charge in [0.1, 0.15) is 32.5 Å². The zero-order valence-electron chi connectivity index (χ0n) is 20.6. The van der Waals surface area contributed by atoms with E-state index in [0.29, 0.717) is 16.4 Å². The fourth-order valence-electron chi connectivity index (χ4n) is 4.35. The van der Waals surface area contributed by atoms with Crippen molar-refractivity contribution < 1.29 is 13.3 Å². The van der Waals surface area contributed by atoms with Gasteiger partial charge in [-0.1, -0.05) is 6.07 Å². The third-order valence-electron chi connectivity index (χ3n) is 6.16. The smallest absolute Gasteiger partial charge is 0.337 e. The molecule has 1 aliphatic carbocycles. The minimum Gasteiger partial charge on any atom is -0.456 e. The lowest BCUT2D eigenvalue weighted by Gasteiger charge is -2.20. The van der Waals surface area contributed by atoms with Crippen molar-refractivity contribution in [2.75, 3.05) is 6.26 Å². The Bertz CT molecular complexity index is 1940. The van der Waals surface area contributed by atoms with Crippen molar-refractivity contribution in [3.05, 3.63) is 88.6 Å². The first-order valence-electron chi connectivity index (χ1n) is 11.5. The minimum atomic E-state index is -2.95. The van der Waals surface area contributed by atoms with Crippen LogP contribution < -0.4 is 26.7 Å². The number of rotatable bonds is 5. The van der Waals surface area contributed by atoms with Crippen LogP contribution in [0.5, 0.6) is 11.5 Å². The summed E-state index contributed by atoms with van der Waals surface area (Å²) in [6.45, 7) is 1.51. The molecule has 0 radical (unpaired) electrons. The Morgan fingerprint density at radius 1 is 1.13 bits per heavy atom. The molecule has 1 aliphatic rings. The Morgan fingerprint density at radius 3 is 2.47 bits per heavy atom. The summed E-state index contributed by atoms with van der Waals surface area (Å²) in [6.07, 6.45) is 2.52. The largest absolute Gasteiger partial charge is 0.456 e. The number of hydrogen-bond acceptors (Lipinski definition) is 6. The molecule has 13 heteroatoms. The van der Waals surface area contributed by atoms with Crippen molar-refractivity contribution in [1.29, 1.82) is 0 Å². The monoisotopic (exact) mass is 651 g/mol. The van der Waals surface area contributed by atoms with E-state index in [1.54, 1.807) is 24.3 Å². The quantitative estimate of drug-likeness (QED) is 0.330. The highest BCUT2D eigenvalue weighted by Gasteiger charge is 2.32. The molecule has 0 aliphatic heterocycles. The number of aryl methyl sites for hydroxylation is 1. The third-order valence-corrected chi connectivity index (χ3v) is 7.41. The van der Waals surface area contributed by atoms with Crippen LogP contribution in [0.4, 0.5) is 10.1 Å². The normalized spacial score (nSPS) is 14.9. The van der Waals surface area contributed by atoms with Crippen LogP contribution >= 0.6 is 22.6 Å². The Kier molecular flexibility index (Phi) is 6.55. The number of ether oxygens (including phenoxy) is 1. The average molecular weight is 651 g/mol. The van der Waals surface area contributed by atoms with Crippen LogP contribution in [0.1, 0.15) is 24.4 Å². The van der Waals surface area contributed by atoms with Crippen molar-refractivity contribution in [3.8, 4) is 17.2 Å². The SMILES string of the molecule is Cc1c(Oc2cccc(N=S(C)(N)=O)c2)c2c(=O)n(C3CC3)c(=O)n(-c3ccc(I)cc3F)c2n(C)c1=O. The summed E-state index contributed by atoms with van der Waals surface area (Å²) in [6, 6.07) is 10.2. The zero-order chi connectivity index (χ0) is 27.5. The highest BCUT2D eigenvalue weighted by atomic mass is 127. The van der Waals surface area contributed by atoms with Gasteiger partial charge in [0, 0.05) is 29.0 Å². The van der Waals surface area contributed by atoms with Gasteiger partial charge in [0.2, 0.25) is 0 Å². The standard InChI is InChI=1S/C25H23FIN5O5S/c1-13-21(37-17-6-4-5-15(12-17)29-38(3,28)36)20-22(30(2)23(13)33)32(19-10-7-14(27)11-18(19)26)25(35)31(24(20)34)16-8-9-16/h4-7,10-12,16H,8-9H2,1-3H3,(H2,28,29,36). The predicted octanol–water partition coefficient (Wildman–Crippen LogP) is 3.63. The Hall–Kier alpha value is -3.30. The Balaban J connectivity index is 1.89. The number of aromatic nitrogens is 3. The van der Waals surface area contributed by atoms with Crippen LogP contribution in [0.2, 0.25) is 0 Å². The van der Waals surface area contributed by atoms with E-state index in [1.807, 2.05) is 22.6 Å². The van der Waals surface area contributed by atoms with Crippen molar-refractivity contribution in [3.63, 3.8) is 0 Å². The summed E-state index contributed by atoms with van der Waals surface area (Å²) >= 11 is 1.95. The second-order valence-corrected chi connectivity index (χ2v) is 12.3. The van der Waals surface area contributed by atoms with Gasteiger partial charge in [0.05, 0.1) is 16.9 Å². The number of halogens is 2. The Morgan fingerprint density at radius 2 is 1.84 bits per heavy atom. The van der Waals surface area contributed by atoms with Gasteiger partial charge in [-0.25, -0.2) is 23.1 Å². The summed E-state index contributed by atoms with van der Waals surface area (Å²) < 4.78 is 41.2. The topological polar surface area (TPSA) is 131 Å². The summed E-state index contributed by atoms with van der Waals surface area (Å²) in [5.41, 5.74) is -1.71. The predicted molar refractivity (Wildman–Crippen MR) is 152 cm³/mol. The molecule has 2 N–H and O–H groups in total. The van der Waals surface area contributed by atoms with Gasteiger partial charge in [0.25, 0.3) is 11.1 Å². The van der Waals surface area contributed by atoms with Gasteiger partial charge >= 0.3 is 5.69 Å². The maximum atomic E-state index is 15.2. The minimum absolute atomic E-state index is 0.0468. The van der Waals surface area contributed by atoms with Gasteiger partial charge in [-0.2, -0.15) is 4.36 Å². The van der Waals surface area contributed by atoms with E-state index in [2.05, 4.69) is 4.36 Å². The molecule has 1 fully saturated rings. The number of hydrogen-bond donors (Lipinski definition) is 1. The van der Waals surface area contributed by atoms with E-state index < -0.39 is 32.5 Å². The van der Waals surface area contributed by atoms with E-state index in [0.717, 1.165) is 13.7 Å². The van der Waals surface area contributed by atoms with Crippen molar-refractivity contribution in [1.82, 2.24) is 13.7 Å². The molecule has 4 aromatic rings. The molecule has 0 amide bonds. The second-order valence-electron chi connectivity index (χ2n) is 9.19. The summed E-state index contributed by atoms with van der Waals surface area (Å²) in [7, 11) is -1.53. The molecular formula is C25H23FIN5O5S. The lowest BCUT2D eigenvalue weighted by molar-refractivity contribution is 0.479. The van der Waals surface area contributed by atoms with Crippen LogP contribution in [0.15, 0.2) is 61.2 Å². The van der Waals surface area contributed by atoms with Crippen LogP contribution in [0.25, 0.3) is 16.7 Å². The lowest BCUT2D eigenvalue weighted by Crippen LogP contribution is -2.41. The Labute approximate surface area is 229 Å². The first kappa shape index (κ1) is 26.3. The van der Waals surface area contributed by atoms with Crippen molar-refractivity contribution in [2.24, 2.45) is 16.5 Å². The maximum absolute atomic E-state index is 15.2. The number of nitrogens with two attached hydrogens (primary N) is 1. The maximum Gasteiger partial charge on any atom is 0.337 e. The molecule has 2 aromatic heterocycles. The lowest BCUT2D eigenvalue weighted by atomic mass is 10.2. The van der Waals surface area contributed by atoms with Crippen LogP contribution in [0, 0.1) is 16.3 Å². The zero-order valence-corrected chi connectivity index (χ0v) is 23.6. The van der Waals surface area contributed by atoms with Gasteiger partial charge < -0.3 is 4.74 Å². The molecule has 2 heterocycles. The molecule has 5 rings (SSSR count). The molecule has 38 heavy (non-hydrogen) atoms. The van der Waals surface area contributed by atoms with Gasteiger partial charge in [-0.3, -0.25) is 18.7 Å². The van der Waals surface area contributed by atoms with E-state index >= 15 is 4.39 Å². The molecular weight excluding hydrogens is 628 g/mol. The highest BCUT2D eigenvalue weighted by Crippen LogP contribution is 2.35. The summed E-state index contributed by atoms with van der Waals surface area (Å²) in [5.74, 6) is -0.552. The fourth-order valence-corrected chi connectivity index (χ4v) is 5.34. The van der Waals surface area contributed by atoms with Crippen LogP contribution in [-0.4, -0.2) is 24.2 Å². The van der Waals surface area contributed by atoms with Gasteiger partial charge in [-0.15, -0.1) is 0 Å². The van der Waals surface area contributed by atoms with E-state index in [1.165, 1.54) is 38.4 Å². The summed E-state index contributed by atoms with van der Waals surface area (Å²) in [5, 5.41) is 5.51. The first-order chi connectivity index (χ1) is 17.9. The van der Waals surface area contributed by atoms with Crippen molar-refractivity contribution in [2.45, 2.75) is 25.8 Å². The molecule has 2 aromatic carbocycles. The van der Waals surface area contributed by atoms with Crippen LogP contribution in [-0.2, 0) is 17.0 Å². The number of fused-ring (bicyclic) bond motifs is 1. The molecule has 1 atom stereocenters. The fraction of sp³-hybridized carbons (Fsp3) is 0.240. The summed E-state index contributed by atoms with van der Waals surface area (Å²) in [4.78, 5) is 40.8. The molecule has 198 valence electrons. The highest BCUT2D eigenvalue weighted by molar-refractivity contribution is 14.1. The number of nitrogens with zero attached hydrogens (tertiary/aromatic N) is 4. The molecule has 0 bridgehead atoms. The molecule has 1 saturated carbocycles. The van der Waals surface area contributed by atoms with Crippen LogP contribution in [0.3, 0.4) is 0 Å². The molecule has 0 saturated heterocycles. The number of benzene rings is 2. The molecule has 1 unspecified atom stereocenters. The van der Waals surface area contributed by atoms with Crippen molar-refractivity contribution >= 4 is 49.2 Å². The second kappa shape index (κ2) is 9.47. The van der Waals surface area contributed by atoms with Gasteiger partial charge in [-0.05, 0) is 72.7 Å². The first-order valence-corrected chi connectivity index (χ1v) is 14.6. The molecule has 10 nitrogen and oxygen atoms in total. The number of pyridine rings is 1. The average Bonchev–Trinajstić information content (AvgIpc) is 3.65. The third kappa shape index (κ3) is 4.69.